The van der Waals surface area contributed by atoms with Crippen molar-refractivity contribution in [2.24, 2.45) is 0 Å². The maximum atomic E-state index is 2.20. The number of benzene rings is 2. The average molecular weight is 212 g/mol. The molecular formula is C16H20. The molecular weight excluding hydrogens is 192 g/mol. The minimum atomic E-state index is 1.03. The summed E-state index contributed by atoms with van der Waals surface area (Å²) in [5.74, 6) is 0. The van der Waals surface area contributed by atoms with Crippen molar-refractivity contribution in [1.29, 1.82) is 0 Å². The van der Waals surface area contributed by atoms with E-state index < -0.39 is 0 Å². The summed E-state index contributed by atoms with van der Waals surface area (Å²) in [6, 6.07) is 19.3. The molecule has 0 unspecified atom stereocenters. The predicted octanol–water partition coefficient (Wildman–Crippen LogP) is 4.61. The zero-order valence-corrected chi connectivity index (χ0v) is 10.4. The van der Waals surface area contributed by atoms with Crippen LogP contribution in [0.1, 0.15) is 30.5 Å². The number of aryl methyl sites for hydroxylation is 1. The van der Waals surface area contributed by atoms with Crippen molar-refractivity contribution in [3.05, 3.63) is 71.3 Å². The van der Waals surface area contributed by atoms with Gasteiger partial charge in [0.05, 0.1) is 0 Å². The normalized spacial score (nSPS) is 9.19. The topological polar surface area (TPSA) is 0 Å². The van der Waals surface area contributed by atoms with Gasteiger partial charge in [-0.25, -0.2) is 0 Å². The fourth-order valence-electron chi connectivity index (χ4n) is 1.54. The lowest BCUT2D eigenvalue weighted by molar-refractivity contribution is 1.19. The highest BCUT2D eigenvalue weighted by Crippen LogP contribution is 2.09. The third-order valence-corrected chi connectivity index (χ3v) is 2.37. The van der Waals surface area contributed by atoms with E-state index in [4.69, 9.17) is 0 Å². The van der Waals surface area contributed by atoms with Crippen LogP contribution < -0.4 is 0 Å². The summed E-state index contributed by atoms with van der Waals surface area (Å²) in [7, 11) is 0. The van der Waals surface area contributed by atoms with E-state index in [1.165, 1.54) is 16.7 Å². The third kappa shape index (κ3) is 3.90. The molecule has 0 bridgehead atoms. The van der Waals surface area contributed by atoms with E-state index in [9.17, 15) is 0 Å². The molecule has 0 aliphatic heterocycles. The summed E-state index contributed by atoms with van der Waals surface area (Å²) in [5, 5.41) is 0. The Hall–Kier alpha value is -1.56. The van der Waals surface area contributed by atoms with Crippen molar-refractivity contribution in [3.63, 3.8) is 0 Å². The van der Waals surface area contributed by atoms with Gasteiger partial charge in [0.25, 0.3) is 0 Å². The summed E-state index contributed by atoms with van der Waals surface area (Å²) in [5.41, 5.74) is 4.07. The number of hydrogen-bond donors (Lipinski definition) is 0. The first-order chi connectivity index (χ1) is 7.84. The zero-order chi connectivity index (χ0) is 11.8. The maximum absolute atomic E-state index is 2.20. The molecule has 0 N–H and O–H groups in total. The molecule has 0 saturated heterocycles. The van der Waals surface area contributed by atoms with Gasteiger partial charge in [-0.1, -0.05) is 74.0 Å². The first kappa shape index (κ1) is 12.5. The van der Waals surface area contributed by atoms with Gasteiger partial charge in [-0.3, -0.25) is 0 Å². The molecule has 0 heterocycles. The number of hydrogen-bond acceptors (Lipinski definition) is 0. The van der Waals surface area contributed by atoms with E-state index in [0.29, 0.717) is 0 Å². The van der Waals surface area contributed by atoms with Crippen molar-refractivity contribution >= 4 is 0 Å². The first-order valence-corrected chi connectivity index (χ1v) is 5.94. The van der Waals surface area contributed by atoms with Crippen LogP contribution in [0.25, 0.3) is 0 Å². The highest BCUT2D eigenvalue weighted by molar-refractivity contribution is 5.27. The van der Waals surface area contributed by atoms with Crippen molar-refractivity contribution < 1.29 is 0 Å². The van der Waals surface area contributed by atoms with Crippen LogP contribution in [0.15, 0.2) is 54.6 Å². The molecule has 2 aromatic rings. The van der Waals surface area contributed by atoms with Gasteiger partial charge in [-0.15, -0.1) is 0 Å². The monoisotopic (exact) mass is 212 g/mol. The Morgan fingerprint density at radius 2 is 1.19 bits per heavy atom. The Labute approximate surface area is 99.0 Å². The lowest BCUT2D eigenvalue weighted by atomic mass is 10.0. The second kappa shape index (κ2) is 6.84. The summed E-state index contributed by atoms with van der Waals surface area (Å²) in [6.45, 7) is 6.12. The van der Waals surface area contributed by atoms with Crippen LogP contribution in [-0.4, -0.2) is 0 Å². The summed E-state index contributed by atoms with van der Waals surface area (Å²) < 4.78 is 0. The maximum Gasteiger partial charge on any atom is -0.00258 e. The zero-order valence-electron chi connectivity index (χ0n) is 10.4. The third-order valence-electron chi connectivity index (χ3n) is 2.37. The smallest absolute Gasteiger partial charge is 0.00258 e. The van der Waals surface area contributed by atoms with Crippen LogP contribution in [0.5, 0.6) is 0 Å². The molecule has 0 aliphatic rings. The van der Waals surface area contributed by atoms with Crippen molar-refractivity contribution in [1.82, 2.24) is 0 Å². The molecule has 0 spiro atoms. The van der Waals surface area contributed by atoms with E-state index in [1.807, 2.05) is 13.8 Å². The molecule has 16 heavy (non-hydrogen) atoms. The molecule has 0 aliphatic carbocycles. The van der Waals surface area contributed by atoms with E-state index >= 15 is 0 Å². The van der Waals surface area contributed by atoms with Gasteiger partial charge in [0.2, 0.25) is 0 Å². The largest absolute Gasteiger partial charge is 0.0683 e. The second-order valence-corrected chi connectivity index (χ2v) is 3.65. The van der Waals surface area contributed by atoms with E-state index in [2.05, 4.69) is 61.5 Å². The second-order valence-electron chi connectivity index (χ2n) is 3.65. The average Bonchev–Trinajstić information content (AvgIpc) is 2.36. The Balaban J connectivity index is 0.000000606. The molecule has 84 valence electrons. The first-order valence-electron chi connectivity index (χ1n) is 5.94. The van der Waals surface area contributed by atoms with Crippen LogP contribution in [-0.2, 0) is 6.42 Å². The summed E-state index contributed by atoms with van der Waals surface area (Å²) in [6.07, 6.45) is 1.03. The molecule has 2 aromatic carbocycles. The standard InChI is InChI=1S/C14H14.C2H6/c1-12-7-9-14(10-8-12)11-13-5-3-2-4-6-13;1-2/h2-10H,11H2,1H3;1-2H3. The van der Waals surface area contributed by atoms with Crippen LogP contribution in [0, 0.1) is 6.92 Å². The summed E-state index contributed by atoms with van der Waals surface area (Å²) in [4.78, 5) is 0. The van der Waals surface area contributed by atoms with Gasteiger partial charge in [-0.05, 0) is 24.5 Å². The van der Waals surface area contributed by atoms with Gasteiger partial charge < -0.3 is 0 Å². The van der Waals surface area contributed by atoms with Gasteiger partial charge >= 0.3 is 0 Å². The Kier molecular flexibility index (Phi) is 5.35. The van der Waals surface area contributed by atoms with Gasteiger partial charge in [0.1, 0.15) is 0 Å². The Bertz CT molecular complexity index is 384. The highest BCUT2D eigenvalue weighted by Gasteiger charge is 1.94. The molecule has 0 nitrogen and oxygen atoms in total. The molecule has 0 radical (unpaired) electrons. The lowest BCUT2D eigenvalue weighted by Crippen LogP contribution is -1.86. The lowest BCUT2D eigenvalue weighted by Gasteiger charge is -2.01. The predicted molar refractivity (Wildman–Crippen MR) is 71.8 cm³/mol. The van der Waals surface area contributed by atoms with E-state index in [0.717, 1.165) is 6.42 Å². The van der Waals surface area contributed by atoms with Crippen molar-refractivity contribution in [2.75, 3.05) is 0 Å². The van der Waals surface area contributed by atoms with Gasteiger partial charge in [0.15, 0.2) is 0 Å². The quantitative estimate of drug-likeness (QED) is 0.682. The molecule has 0 atom stereocenters. The SMILES string of the molecule is CC.Cc1ccc(Cc2ccccc2)cc1. The van der Waals surface area contributed by atoms with Gasteiger partial charge in [-0.2, -0.15) is 0 Å². The molecule has 0 aromatic heterocycles. The minimum absolute atomic E-state index is 1.03. The van der Waals surface area contributed by atoms with Crippen molar-refractivity contribution in [3.8, 4) is 0 Å². The molecule has 0 heteroatoms. The van der Waals surface area contributed by atoms with Crippen LogP contribution >= 0.6 is 0 Å². The van der Waals surface area contributed by atoms with Crippen molar-refractivity contribution in [2.45, 2.75) is 27.2 Å². The van der Waals surface area contributed by atoms with Crippen LogP contribution in [0.4, 0.5) is 0 Å². The fourth-order valence-corrected chi connectivity index (χ4v) is 1.54. The van der Waals surface area contributed by atoms with Gasteiger partial charge in [0, 0.05) is 0 Å². The highest BCUT2D eigenvalue weighted by atomic mass is 14.0. The minimum Gasteiger partial charge on any atom is -0.0683 e. The summed E-state index contributed by atoms with van der Waals surface area (Å²) >= 11 is 0. The molecule has 0 fully saturated rings. The van der Waals surface area contributed by atoms with Crippen LogP contribution in [0.3, 0.4) is 0 Å². The Morgan fingerprint density at radius 3 is 1.75 bits per heavy atom. The number of rotatable bonds is 2. The molecule has 0 saturated carbocycles. The van der Waals surface area contributed by atoms with E-state index in [1.54, 1.807) is 0 Å². The van der Waals surface area contributed by atoms with E-state index in [-0.39, 0.29) is 0 Å². The molecule has 2 rings (SSSR count). The van der Waals surface area contributed by atoms with Crippen LogP contribution in [0.2, 0.25) is 0 Å². The Morgan fingerprint density at radius 1 is 0.688 bits per heavy atom. The fraction of sp³-hybridized carbons (Fsp3) is 0.250. The molecule has 0 amide bonds.